The monoisotopic (exact) mass is 304 g/mol. The first-order valence-electron chi connectivity index (χ1n) is 7.36. The number of nitrogens with one attached hydrogen (secondary N) is 1. The maximum absolute atomic E-state index is 12.4. The summed E-state index contributed by atoms with van der Waals surface area (Å²) >= 11 is 0. The van der Waals surface area contributed by atoms with Crippen LogP contribution in [-0.4, -0.2) is 46.9 Å². The quantitative estimate of drug-likeness (QED) is 0.873. The zero-order valence-corrected chi connectivity index (χ0v) is 12.5. The Hall–Kier alpha value is -2.37. The molecule has 1 aromatic rings. The third-order valence-corrected chi connectivity index (χ3v) is 3.83. The molecule has 1 aliphatic heterocycles. The first-order chi connectivity index (χ1) is 10.5. The van der Waals surface area contributed by atoms with E-state index in [4.69, 9.17) is 5.11 Å². The highest BCUT2D eigenvalue weighted by Crippen LogP contribution is 2.19. The van der Waals surface area contributed by atoms with Gasteiger partial charge in [0.1, 0.15) is 6.04 Å². The molecule has 1 saturated heterocycles. The molecule has 0 aliphatic carbocycles. The fourth-order valence-corrected chi connectivity index (χ4v) is 2.53. The lowest BCUT2D eigenvalue weighted by molar-refractivity contribution is -0.142. The number of benzene rings is 1. The van der Waals surface area contributed by atoms with E-state index in [0.29, 0.717) is 25.1 Å². The largest absolute Gasteiger partial charge is 0.480 e. The van der Waals surface area contributed by atoms with Crippen molar-refractivity contribution in [3.05, 3.63) is 35.9 Å². The zero-order chi connectivity index (χ0) is 16.1. The fourth-order valence-electron chi connectivity index (χ4n) is 2.53. The summed E-state index contributed by atoms with van der Waals surface area (Å²) in [5, 5.41) is 11.3. The summed E-state index contributed by atoms with van der Waals surface area (Å²) < 4.78 is 0. The molecule has 1 aromatic carbocycles. The Morgan fingerprint density at radius 3 is 2.59 bits per heavy atom. The van der Waals surface area contributed by atoms with Crippen molar-refractivity contribution in [1.82, 2.24) is 10.2 Å². The maximum atomic E-state index is 12.4. The molecule has 1 fully saturated rings. The van der Waals surface area contributed by atoms with Crippen LogP contribution in [0.15, 0.2) is 30.3 Å². The molecule has 0 bridgehead atoms. The van der Waals surface area contributed by atoms with Crippen LogP contribution >= 0.6 is 0 Å². The minimum absolute atomic E-state index is 0.0932. The number of amides is 2. The maximum Gasteiger partial charge on any atom is 0.325 e. The number of hydrogen-bond donors (Lipinski definition) is 2. The molecule has 6 nitrogen and oxygen atoms in total. The molecule has 118 valence electrons. The van der Waals surface area contributed by atoms with Crippen molar-refractivity contribution in [2.24, 2.45) is 5.92 Å². The predicted molar refractivity (Wildman–Crippen MR) is 80.3 cm³/mol. The van der Waals surface area contributed by atoms with E-state index in [1.54, 1.807) is 29.2 Å². The molecule has 2 amide bonds. The molecular weight excluding hydrogens is 284 g/mol. The Morgan fingerprint density at radius 1 is 1.27 bits per heavy atom. The van der Waals surface area contributed by atoms with Crippen LogP contribution in [0.1, 0.15) is 30.1 Å². The lowest BCUT2D eigenvalue weighted by Gasteiger charge is -2.32. The van der Waals surface area contributed by atoms with Gasteiger partial charge >= 0.3 is 5.97 Å². The van der Waals surface area contributed by atoms with Crippen LogP contribution in [0, 0.1) is 5.92 Å². The summed E-state index contributed by atoms with van der Waals surface area (Å²) in [5.41, 5.74) is 0.600. The lowest BCUT2D eigenvalue weighted by Crippen LogP contribution is -2.48. The number of piperidine rings is 1. The van der Waals surface area contributed by atoms with Crippen LogP contribution in [0.5, 0.6) is 0 Å². The predicted octanol–water partition coefficient (Wildman–Crippen LogP) is 1.13. The molecule has 2 N–H and O–H groups in total. The Balaban J connectivity index is 1.98. The minimum atomic E-state index is -1.07. The van der Waals surface area contributed by atoms with Crippen molar-refractivity contribution < 1.29 is 19.5 Å². The van der Waals surface area contributed by atoms with Crippen molar-refractivity contribution in [2.45, 2.75) is 25.8 Å². The number of nitrogens with zero attached hydrogens (tertiary/aromatic N) is 1. The van der Waals surface area contributed by atoms with Crippen LogP contribution in [0.2, 0.25) is 0 Å². The number of carbonyl (C=O) groups is 3. The molecular formula is C16H20N2O4. The van der Waals surface area contributed by atoms with Crippen molar-refractivity contribution in [2.75, 3.05) is 13.1 Å². The first kappa shape index (κ1) is 16.0. The molecule has 1 aliphatic rings. The summed E-state index contributed by atoms with van der Waals surface area (Å²) in [7, 11) is 0. The van der Waals surface area contributed by atoms with Gasteiger partial charge in [-0.3, -0.25) is 14.4 Å². The van der Waals surface area contributed by atoms with Crippen molar-refractivity contribution in [3.8, 4) is 0 Å². The van der Waals surface area contributed by atoms with E-state index in [-0.39, 0.29) is 17.7 Å². The number of carboxylic acid groups (broad SMARTS) is 1. The summed E-state index contributed by atoms with van der Waals surface area (Å²) in [5.74, 6) is -1.82. The molecule has 2 rings (SSSR count). The molecule has 2 unspecified atom stereocenters. The SMILES string of the molecule is CC(NC(=O)C1CCCN(C(=O)c2ccccc2)C1)C(=O)O. The Kier molecular flexibility index (Phi) is 5.14. The molecule has 22 heavy (non-hydrogen) atoms. The molecule has 2 atom stereocenters. The van der Waals surface area contributed by atoms with Gasteiger partial charge in [0.15, 0.2) is 0 Å². The average Bonchev–Trinajstić information content (AvgIpc) is 2.55. The van der Waals surface area contributed by atoms with Gasteiger partial charge in [0.05, 0.1) is 5.92 Å². The van der Waals surface area contributed by atoms with Gasteiger partial charge in [-0.15, -0.1) is 0 Å². The molecule has 0 spiro atoms. The fraction of sp³-hybridized carbons (Fsp3) is 0.438. The lowest BCUT2D eigenvalue weighted by atomic mass is 9.96. The van der Waals surface area contributed by atoms with Gasteiger partial charge in [0.25, 0.3) is 5.91 Å². The first-order valence-corrected chi connectivity index (χ1v) is 7.36. The van der Waals surface area contributed by atoms with Gasteiger partial charge in [-0.05, 0) is 31.9 Å². The second kappa shape index (κ2) is 7.06. The van der Waals surface area contributed by atoms with E-state index in [2.05, 4.69) is 5.32 Å². The zero-order valence-electron chi connectivity index (χ0n) is 12.5. The van der Waals surface area contributed by atoms with E-state index in [0.717, 1.165) is 6.42 Å². The molecule has 6 heteroatoms. The highest BCUT2D eigenvalue weighted by molar-refractivity contribution is 5.94. The number of likely N-dealkylation sites (tertiary alicyclic amines) is 1. The Bertz CT molecular complexity index is 559. The summed E-state index contributed by atoms with van der Waals surface area (Å²) in [6, 6.07) is 8.02. The van der Waals surface area contributed by atoms with Crippen LogP contribution < -0.4 is 5.32 Å². The van der Waals surface area contributed by atoms with Gasteiger partial charge in [0.2, 0.25) is 5.91 Å². The molecule has 1 heterocycles. The van der Waals surface area contributed by atoms with E-state index < -0.39 is 12.0 Å². The van der Waals surface area contributed by atoms with Crippen molar-refractivity contribution in [3.63, 3.8) is 0 Å². The number of rotatable bonds is 4. The third-order valence-electron chi connectivity index (χ3n) is 3.83. The van der Waals surface area contributed by atoms with Crippen molar-refractivity contribution >= 4 is 17.8 Å². The topological polar surface area (TPSA) is 86.7 Å². The smallest absolute Gasteiger partial charge is 0.325 e. The van der Waals surface area contributed by atoms with E-state index >= 15 is 0 Å². The van der Waals surface area contributed by atoms with Gasteiger partial charge < -0.3 is 15.3 Å². The standard InChI is InChI=1S/C16H20N2O4/c1-11(16(21)22)17-14(19)13-8-5-9-18(10-13)15(20)12-6-3-2-4-7-12/h2-4,6-7,11,13H,5,8-10H2,1H3,(H,17,19)(H,21,22). The highest BCUT2D eigenvalue weighted by Gasteiger charge is 2.30. The normalized spacial score (nSPS) is 19.3. The second-order valence-corrected chi connectivity index (χ2v) is 5.52. The van der Waals surface area contributed by atoms with Crippen molar-refractivity contribution in [1.29, 1.82) is 0 Å². The third kappa shape index (κ3) is 3.84. The van der Waals surface area contributed by atoms with E-state index in [1.807, 2.05) is 6.07 Å². The number of carboxylic acids is 1. The molecule has 0 saturated carbocycles. The van der Waals surface area contributed by atoms with Crippen LogP contribution in [0.4, 0.5) is 0 Å². The molecule has 0 aromatic heterocycles. The minimum Gasteiger partial charge on any atom is -0.480 e. The van der Waals surface area contributed by atoms with E-state index in [1.165, 1.54) is 6.92 Å². The number of hydrogen-bond acceptors (Lipinski definition) is 3. The molecule has 0 radical (unpaired) electrons. The van der Waals surface area contributed by atoms with E-state index in [9.17, 15) is 14.4 Å². The summed E-state index contributed by atoms with van der Waals surface area (Å²) in [4.78, 5) is 37.0. The average molecular weight is 304 g/mol. The van der Waals surface area contributed by atoms with Gasteiger partial charge in [-0.25, -0.2) is 0 Å². The van der Waals surface area contributed by atoms with Crippen LogP contribution in [-0.2, 0) is 9.59 Å². The van der Waals surface area contributed by atoms with Gasteiger partial charge in [-0.1, -0.05) is 18.2 Å². The number of aliphatic carboxylic acids is 1. The van der Waals surface area contributed by atoms with Gasteiger partial charge in [-0.2, -0.15) is 0 Å². The Morgan fingerprint density at radius 2 is 1.95 bits per heavy atom. The van der Waals surface area contributed by atoms with Gasteiger partial charge in [0, 0.05) is 18.7 Å². The number of carbonyl (C=O) groups excluding carboxylic acids is 2. The summed E-state index contributed by atoms with van der Waals surface area (Å²) in [6.45, 7) is 2.37. The second-order valence-electron chi connectivity index (χ2n) is 5.52. The van der Waals surface area contributed by atoms with Crippen LogP contribution in [0.25, 0.3) is 0 Å². The van der Waals surface area contributed by atoms with Crippen LogP contribution in [0.3, 0.4) is 0 Å². The highest BCUT2D eigenvalue weighted by atomic mass is 16.4. The summed E-state index contributed by atoms with van der Waals surface area (Å²) in [6.07, 6.45) is 1.40. The Labute approximate surface area is 129 Å².